The summed E-state index contributed by atoms with van der Waals surface area (Å²) in [5.41, 5.74) is 2.01. The van der Waals surface area contributed by atoms with Gasteiger partial charge in [-0.05, 0) is 0 Å². The Kier molecular flexibility index (Phi) is 33.7. The van der Waals surface area contributed by atoms with Crippen molar-refractivity contribution in [2.75, 3.05) is 0 Å². The third-order valence-electron chi connectivity index (χ3n) is 1.12. The first-order valence-corrected chi connectivity index (χ1v) is 3.70. The molecule has 0 aliphatic carbocycles. The first kappa shape index (κ1) is 22.9. The summed E-state index contributed by atoms with van der Waals surface area (Å²) in [5.74, 6) is 0. The molecule has 0 fully saturated rings. The molecule has 0 rings (SSSR count). The average Bonchev–Trinajstić information content (AvgIpc) is 1.89. The van der Waals surface area contributed by atoms with Gasteiger partial charge in [0.15, 0.2) is 0 Å². The van der Waals surface area contributed by atoms with Gasteiger partial charge in [0.25, 0.3) is 0 Å². The molecule has 2 radical (unpaired) electrons. The third kappa shape index (κ3) is 46.2. The minimum absolute atomic E-state index is 0. The molecule has 0 saturated carbocycles. The van der Waals surface area contributed by atoms with Gasteiger partial charge >= 0.3 is 17.1 Å². The number of hydrogen-bond donors (Lipinski definition) is 0. The quantitative estimate of drug-likeness (QED) is 0.483. The van der Waals surface area contributed by atoms with E-state index < -0.39 is 0 Å². The third-order valence-corrected chi connectivity index (χ3v) is 1.12. The summed E-state index contributed by atoms with van der Waals surface area (Å²) in [5, 5.41) is 0. The Bertz CT molecular complexity index is 94.4. The zero-order valence-electron chi connectivity index (χ0n) is 8.87. The summed E-state index contributed by atoms with van der Waals surface area (Å²) in [4.78, 5) is 0. The normalized spacial score (nSPS) is 6.33. The van der Waals surface area contributed by atoms with Gasteiger partial charge < -0.3 is 13.2 Å². The number of allylic oxidation sites excluding steroid dienone is 2. The Morgan fingerprint density at radius 1 is 0.917 bits per heavy atom. The predicted molar refractivity (Wildman–Crippen MR) is 53.3 cm³/mol. The summed E-state index contributed by atoms with van der Waals surface area (Å²) in [6.07, 6.45) is 2.00. The summed E-state index contributed by atoms with van der Waals surface area (Å²) >= 11 is 0. The Balaban J connectivity index is -0.0000000457. The molecule has 70 valence electrons. The maximum atomic E-state index is 5.21. The van der Waals surface area contributed by atoms with Gasteiger partial charge in [0.05, 0.1) is 0 Å². The molecule has 0 aromatic heterocycles. The van der Waals surface area contributed by atoms with Crippen molar-refractivity contribution in [3.63, 3.8) is 0 Å². The summed E-state index contributed by atoms with van der Waals surface area (Å²) in [6.45, 7) is 18.3. The Hall–Kier alpha value is 0.597. The second-order valence-electron chi connectivity index (χ2n) is 2.40. The maximum Gasteiger partial charge on any atom is 2.00 e. The van der Waals surface area contributed by atoms with Crippen molar-refractivity contribution in [3.8, 4) is 0 Å². The van der Waals surface area contributed by atoms with E-state index in [4.69, 9.17) is 13.2 Å². The molecule has 0 amide bonds. The van der Waals surface area contributed by atoms with E-state index in [0.717, 1.165) is 24.0 Å². The molecule has 0 bridgehead atoms. The standard InChI is InChI=1S/2C5H9.Cu.Li/c2*1-4-5(2)3;;/h2*2H,4H2,1,3H3;;/q2*-1;+2;. The number of rotatable bonds is 2. The van der Waals surface area contributed by atoms with E-state index in [1.54, 1.807) is 0 Å². The summed E-state index contributed by atoms with van der Waals surface area (Å²) in [7, 11) is 0. The van der Waals surface area contributed by atoms with Gasteiger partial charge in [-0.2, -0.15) is 0 Å². The Morgan fingerprint density at radius 3 is 1.00 bits per heavy atom. The largest absolute Gasteiger partial charge is 2.00 e. The zero-order chi connectivity index (χ0) is 8.57. The Labute approximate surface area is 101 Å². The predicted octanol–water partition coefficient (Wildman–Crippen LogP) is 3.17. The summed E-state index contributed by atoms with van der Waals surface area (Å²) in [6, 6.07) is 0. The molecule has 0 saturated heterocycles. The molecule has 0 nitrogen and oxygen atoms in total. The van der Waals surface area contributed by atoms with Gasteiger partial charge in [-0.15, -0.1) is 0 Å². The van der Waals surface area contributed by atoms with Crippen LogP contribution in [0.2, 0.25) is 0 Å². The first-order chi connectivity index (χ1) is 4.54. The van der Waals surface area contributed by atoms with Crippen LogP contribution in [0.5, 0.6) is 0 Å². The second-order valence-corrected chi connectivity index (χ2v) is 2.40. The van der Waals surface area contributed by atoms with Crippen LogP contribution < -0.4 is 0 Å². The summed E-state index contributed by atoms with van der Waals surface area (Å²) < 4.78 is 0. The van der Waals surface area contributed by atoms with E-state index in [9.17, 15) is 0 Å². The molecule has 0 aliphatic rings. The SMILES string of the molecule is [CH-]=C(C)CC.[CH-]=C(C)CC.[Cu+2].[Li]. The van der Waals surface area contributed by atoms with Crippen molar-refractivity contribution >= 4 is 18.9 Å². The van der Waals surface area contributed by atoms with Gasteiger partial charge in [0.1, 0.15) is 0 Å². The molecule has 0 aliphatic heterocycles. The second kappa shape index (κ2) is 17.6. The van der Waals surface area contributed by atoms with Crippen molar-refractivity contribution in [3.05, 3.63) is 24.3 Å². The van der Waals surface area contributed by atoms with Crippen LogP contribution in [0.25, 0.3) is 0 Å². The zero-order valence-corrected chi connectivity index (χ0v) is 9.81. The van der Waals surface area contributed by atoms with E-state index in [1.807, 2.05) is 27.7 Å². The first-order valence-electron chi connectivity index (χ1n) is 3.70. The minimum Gasteiger partial charge on any atom is -0.515 e. The van der Waals surface area contributed by atoms with Crippen LogP contribution in [0, 0.1) is 13.2 Å². The van der Waals surface area contributed by atoms with Crippen molar-refractivity contribution in [1.29, 1.82) is 0 Å². The monoisotopic (exact) mass is 208 g/mol. The van der Waals surface area contributed by atoms with Gasteiger partial charge in [-0.3, -0.25) is 11.1 Å². The van der Waals surface area contributed by atoms with Crippen LogP contribution in [-0.4, -0.2) is 18.9 Å². The van der Waals surface area contributed by atoms with Gasteiger partial charge in [0, 0.05) is 18.9 Å². The molecule has 0 aromatic carbocycles. The van der Waals surface area contributed by atoms with Crippen LogP contribution >= 0.6 is 0 Å². The molecule has 2 heteroatoms. The molecule has 0 heterocycles. The van der Waals surface area contributed by atoms with Crippen LogP contribution in [-0.2, 0) is 17.1 Å². The fourth-order valence-electron chi connectivity index (χ4n) is 0. The van der Waals surface area contributed by atoms with E-state index in [-0.39, 0.29) is 35.9 Å². The molecule has 0 atom stereocenters. The minimum atomic E-state index is 0. The fraction of sp³-hybridized carbons (Fsp3) is 0.600. The van der Waals surface area contributed by atoms with Crippen LogP contribution in [0.15, 0.2) is 11.1 Å². The van der Waals surface area contributed by atoms with Crippen LogP contribution in [0.1, 0.15) is 40.5 Å². The molecular formula is C10H18CuLi. The molecular weight excluding hydrogens is 191 g/mol. The smallest absolute Gasteiger partial charge is 0.515 e. The molecule has 0 spiro atoms. The fourth-order valence-corrected chi connectivity index (χ4v) is 0. The molecule has 0 unspecified atom stereocenters. The van der Waals surface area contributed by atoms with Gasteiger partial charge in [-0.25, -0.2) is 0 Å². The number of hydrogen-bond acceptors (Lipinski definition) is 0. The van der Waals surface area contributed by atoms with Gasteiger partial charge in [-0.1, -0.05) is 40.5 Å². The van der Waals surface area contributed by atoms with Crippen LogP contribution in [0.3, 0.4) is 0 Å². The molecule has 0 N–H and O–H groups in total. The maximum absolute atomic E-state index is 5.21. The van der Waals surface area contributed by atoms with Crippen LogP contribution in [0.4, 0.5) is 0 Å². The van der Waals surface area contributed by atoms with E-state index in [0.29, 0.717) is 0 Å². The van der Waals surface area contributed by atoms with E-state index >= 15 is 0 Å². The van der Waals surface area contributed by atoms with Gasteiger partial charge in [0.2, 0.25) is 0 Å². The molecule has 12 heavy (non-hydrogen) atoms. The van der Waals surface area contributed by atoms with Crippen molar-refractivity contribution < 1.29 is 17.1 Å². The van der Waals surface area contributed by atoms with E-state index in [1.165, 1.54) is 0 Å². The Morgan fingerprint density at radius 2 is 1.00 bits per heavy atom. The molecule has 0 aromatic rings. The van der Waals surface area contributed by atoms with Crippen molar-refractivity contribution in [1.82, 2.24) is 0 Å². The van der Waals surface area contributed by atoms with Crippen molar-refractivity contribution in [2.45, 2.75) is 40.5 Å². The van der Waals surface area contributed by atoms with E-state index in [2.05, 4.69) is 0 Å². The topological polar surface area (TPSA) is 0 Å². The average molecular weight is 209 g/mol. The van der Waals surface area contributed by atoms with Crippen molar-refractivity contribution in [2.24, 2.45) is 0 Å².